The molecular weight excluding hydrogens is 311 g/mol. The van der Waals surface area contributed by atoms with Crippen molar-refractivity contribution in [2.75, 3.05) is 5.32 Å². The first-order valence-corrected chi connectivity index (χ1v) is 5.31. The van der Waals surface area contributed by atoms with Gasteiger partial charge in [-0.1, -0.05) is 15.9 Å². The molecule has 1 N–H and O–H groups in total. The molecule has 0 atom stereocenters. The van der Waals surface area contributed by atoms with Crippen LogP contribution >= 0.6 is 15.9 Å². The van der Waals surface area contributed by atoms with Crippen molar-refractivity contribution >= 4 is 21.6 Å². The lowest BCUT2D eigenvalue weighted by Crippen LogP contribution is -2.08. The van der Waals surface area contributed by atoms with E-state index in [-0.39, 0.29) is 11.3 Å². The van der Waals surface area contributed by atoms with Crippen molar-refractivity contribution in [2.24, 2.45) is 0 Å². The maximum Gasteiger partial charge on any atom is 0.418 e. The molecule has 0 spiro atoms. The number of alkyl halides is 3. The van der Waals surface area contributed by atoms with Gasteiger partial charge in [-0.25, -0.2) is 0 Å². The Bertz CT molecular complexity index is 548. The topological polar surface area (TPSA) is 59.6 Å². The molecule has 0 unspecified atom stereocenters. The van der Waals surface area contributed by atoms with Crippen LogP contribution in [0, 0.1) is 22.7 Å². The molecule has 92 valence electrons. The van der Waals surface area contributed by atoms with Gasteiger partial charge in [-0.05, 0) is 18.2 Å². The smallest absolute Gasteiger partial charge is 0.359 e. The molecule has 0 bridgehead atoms. The molecular formula is C11H5BrF3N3. The fraction of sp³-hybridized carbons (Fsp3) is 0.0909. The predicted molar refractivity (Wildman–Crippen MR) is 62.1 cm³/mol. The molecule has 1 rings (SSSR count). The summed E-state index contributed by atoms with van der Waals surface area (Å²) >= 11 is 3.05. The highest BCUT2D eigenvalue weighted by Gasteiger charge is 2.33. The number of hydrogen-bond acceptors (Lipinski definition) is 3. The molecule has 0 aliphatic heterocycles. The molecule has 0 aliphatic carbocycles. The summed E-state index contributed by atoms with van der Waals surface area (Å²) in [5.41, 5.74) is -1.43. The number of allylic oxidation sites excluding steroid dienone is 1. The lowest BCUT2D eigenvalue weighted by molar-refractivity contribution is -0.136. The molecule has 0 aromatic heterocycles. The van der Waals surface area contributed by atoms with E-state index in [4.69, 9.17) is 10.5 Å². The van der Waals surface area contributed by atoms with Gasteiger partial charge in [-0.2, -0.15) is 23.7 Å². The largest absolute Gasteiger partial charge is 0.418 e. The summed E-state index contributed by atoms with van der Waals surface area (Å²) in [6.45, 7) is 0. The van der Waals surface area contributed by atoms with Crippen LogP contribution in [0.1, 0.15) is 5.56 Å². The van der Waals surface area contributed by atoms with Gasteiger partial charge in [0, 0.05) is 10.7 Å². The number of halogens is 4. The molecule has 0 fully saturated rings. The minimum Gasteiger partial charge on any atom is -0.359 e. The van der Waals surface area contributed by atoms with Crippen LogP contribution in [0.4, 0.5) is 18.9 Å². The van der Waals surface area contributed by atoms with E-state index in [1.807, 2.05) is 0 Å². The number of nitrogens with zero attached hydrogens (tertiary/aromatic N) is 2. The lowest BCUT2D eigenvalue weighted by Gasteiger charge is -2.12. The van der Waals surface area contributed by atoms with Crippen molar-refractivity contribution < 1.29 is 13.2 Å². The summed E-state index contributed by atoms with van der Waals surface area (Å²) in [4.78, 5) is 0. The van der Waals surface area contributed by atoms with Gasteiger partial charge in [0.05, 0.1) is 11.3 Å². The van der Waals surface area contributed by atoms with Crippen LogP contribution in [0.15, 0.2) is 34.4 Å². The fourth-order valence-corrected chi connectivity index (χ4v) is 1.48. The summed E-state index contributed by atoms with van der Waals surface area (Å²) < 4.78 is 38.4. The summed E-state index contributed by atoms with van der Waals surface area (Å²) in [5, 5.41) is 19.3. The highest BCUT2D eigenvalue weighted by Crippen LogP contribution is 2.36. The Hall–Kier alpha value is -1.99. The summed E-state index contributed by atoms with van der Waals surface area (Å²) in [6.07, 6.45) is -3.59. The normalized spacial score (nSPS) is 10.1. The zero-order valence-corrected chi connectivity index (χ0v) is 10.3. The van der Waals surface area contributed by atoms with Crippen LogP contribution in [-0.4, -0.2) is 0 Å². The zero-order valence-electron chi connectivity index (χ0n) is 8.72. The minimum absolute atomic E-state index is 0.236. The van der Waals surface area contributed by atoms with Crippen molar-refractivity contribution in [2.45, 2.75) is 6.18 Å². The number of nitrogens with one attached hydrogen (secondary N) is 1. The third kappa shape index (κ3) is 3.51. The van der Waals surface area contributed by atoms with Crippen molar-refractivity contribution in [3.8, 4) is 12.1 Å². The molecule has 1 aromatic rings. The van der Waals surface area contributed by atoms with Crippen LogP contribution in [-0.2, 0) is 6.18 Å². The highest BCUT2D eigenvalue weighted by molar-refractivity contribution is 9.10. The molecule has 0 saturated carbocycles. The number of anilines is 1. The number of hydrogen-bond donors (Lipinski definition) is 1. The molecule has 0 radical (unpaired) electrons. The number of benzene rings is 1. The second kappa shape index (κ2) is 5.56. The molecule has 1 aromatic carbocycles. The fourth-order valence-electron chi connectivity index (χ4n) is 1.12. The van der Waals surface area contributed by atoms with Crippen LogP contribution in [0.3, 0.4) is 0 Å². The van der Waals surface area contributed by atoms with Crippen molar-refractivity contribution in [1.29, 1.82) is 10.5 Å². The average molecular weight is 316 g/mol. The van der Waals surface area contributed by atoms with E-state index in [0.29, 0.717) is 4.47 Å². The Balaban J connectivity index is 3.17. The van der Waals surface area contributed by atoms with Gasteiger partial charge in [-0.15, -0.1) is 0 Å². The Kier molecular flexibility index (Phi) is 4.35. The van der Waals surface area contributed by atoms with Crippen molar-refractivity contribution in [3.05, 3.63) is 40.0 Å². The van der Waals surface area contributed by atoms with E-state index in [0.717, 1.165) is 12.3 Å². The Morgan fingerprint density at radius 2 is 1.89 bits per heavy atom. The Labute approximate surface area is 109 Å². The maximum absolute atomic E-state index is 12.7. The summed E-state index contributed by atoms with van der Waals surface area (Å²) in [7, 11) is 0. The van der Waals surface area contributed by atoms with Gasteiger partial charge in [0.1, 0.15) is 17.7 Å². The third-order valence-electron chi connectivity index (χ3n) is 1.90. The molecule has 0 amide bonds. The molecule has 0 heterocycles. The quantitative estimate of drug-likeness (QED) is 0.844. The Morgan fingerprint density at radius 3 is 2.39 bits per heavy atom. The van der Waals surface area contributed by atoms with Gasteiger partial charge < -0.3 is 5.32 Å². The van der Waals surface area contributed by atoms with Gasteiger partial charge in [0.2, 0.25) is 0 Å². The van der Waals surface area contributed by atoms with E-state index in [1.54, 1.807) is 0 Å². The van der Waals surface area contributed by atoms with E-state index >= 15 is 0 Å². The first kappa shape index (κ1) is 14.1. The molecule has 18 heavy (non-hydrogen) atoms. The lowest BCUT2D eigenvalue weighted by atomic mass is 10.1. The highest BCUT2D eigenvalue weighted by atomic mass is 79.9. The number of nitriles is 2. The van der Waals surface area contributed by atoms with E-state index in [1.165, 1.54) is 24.3 Å². The van der Waals surface area contributed by atoms with Crippen molar-refractivity contribution in [1.82, 2.24) is 0 Å². The van der Waals surface area contributed by atoms with Crippen LogP contribution in [0.5, 0.6) is 0 Å². The van der Waals surface area contributed by atoms with Gasteiger partial charge in [-0.3, -0.25) is 0 Å². The first-order valence-electron chi connectivity index (χ1n) is 4.52. The average Bonchev–Trinajstić information content (AvgIpc) is 2.28. The maximum atomic E-state index is 12.7. The second-order valence-corrected chi connectivity index (χ2v) is 4.03. The number of rotatable bonds is 2. The molecule has 3 nitrogen and oxygen atoms in total. The van der Waals surface area contributed by atoms with Crippen LogP contribution < -0.4 is 5.32 Å². The minimum atomic E-state index is -4.52. The molecule has 0 saturated heterocycles. The predicted octanol–water partition coefficient (Wildman–Crippen LogP) is 3.81. The van der Waals surface area contributed by atoms with Gasteiger partial charge >= 0.3 is 6.18 Å². The van der Waals surface area contributed by atoms with Crippen molar-refractivity contribution in [3.63, 3.8) is 0 Å². The van der Waals surface area contributed by atoms with Crippen LogP contribution in [0.25, 0.3) is 0 Å². The molecule has 7 heteroatoms. The summed E-state index contributed by atoms with van der Waals surface area (Å²) in [5.74, 6) is 0. The Morgan fingerprint density at radius 1 is 1.28 bits per heavy atom. The standard InChI is InChI=1S/C11H5BrF3N3/c12-8-1-2-9(11(13,14)15)10(3-8)18-6-7(4-16)5-17/h1-3,6,18H. The molecule has 0 aliphatic rings. The van der Waals surface area contributed by atoms with Gasteiger partial charge in [0.15, 0.2) is 0 Å². The first-order chi connectivity index (χ1) is 8.38. The monoisotopic (exact) mass is 315 g/mol. The van der Waals surface area contributed by atoms with Crippen LogP contribution in [0.2, 0.25) is 0 Å². The second-order valence-electron chi connectivity index (χ2n) is 3.11. The SMILES string of the molecule is N#CC(C#N)=CNc1cc(Br)ccc1C(F)(F)F. The van der Waals surface area contributed by atoms with Gasteiger partial charge in [0.25, 0.3) is 0 Å². The summed E-state index contributed by atoms with van der Waals surface area (Å²) in [6, 6.07) is 6.45. The zero-order chi connectivity index (χ0) is 13.8. The van der Waals surface area contributed by atoms with E-state index in [9.17, 15) is 13.2 Å². The third-order valence-corrected chi connectivity index (χ3v) is 2.39. The van der Waals surface area contributed by atoms with E-state index < -0.39 is 11.7 Å². The van der Waals surface area contributed by atoms with E-state index in [2.05, 4.69) is 21.2 Å².